The fourth-order valence-electron chi connectivity index (χ4n) is 3.58. The maximum absolute atomic E-state index is 13.4. The highest BCUT2D eigenvalue weighted by Gasteiger charge is 2.10. The average molecular weight is 558 g/mol. The van der Waals surface area contributed by atoms with Crippen molar-refractivity contribution < 1.29 is 13.9 Å². The van der Waals surface area contributed by atoms with Gasteiger partial charge in [0, 0.05) is 11.4 Å². The van der Waals surface area contributed by atoms with Gasteiger partial charge in [-0.25, -0.2) is 19.2 Å². The number of amides is 2. The van der Waals surface area contributed by atoms with Crippen LogP contribution in [0.4, 0.5) is 26.4 Å². The van der Waals surface area contributed by atoms with Crippen LogP contribution >= 0.6 is 22.9 Å². The molecular formula is C29H21ClFN5O2S. The maximum atomic E-state index is 13.4. The van der Waals surface area contributed by atoms with E-state index in [1.54, 1.807) is 36.4 Å². The second-order valence-electron chi connectivity index (χ2n) is 8.21. The Balaban J connectivity index is 1.21. The number of anilines is 3. The van der Waals surface area contributed by atoms with Gasteiger partial charge in [0.1, 0.15) is 24.5 Å². The van der Waals surface area contributed by atoms with Gasteiger partial charge >= 0.3 is 6.03 Å². The van der Waals surface area contributed by atoms with Crippen molar-refractivity contribution >= 4 is 56.4 Å². The summed E-state index contributed by atoms with van der Waals surface area (Å²) in [5.74, 6) is 6.80. The first-order valence-electron chi connectivity index (χ1n) is 11.8. The maximum Gasteiger partial charge on any atom is 0.319 e. The van der Waals surface area contributed by atoms with E-state index in [1.807, 2.05) is 30.3 Å². The molecule has 0 aliphatic rings. The number of fused-ring (bicyclic) bond motifs is 1. The van der Waals surface area contributed by atoms with Gasteiger partial charge in [-0.1, -0.05) is 53.8 Å². The second-order valence-corrected chi connectivity index (χ2v) is 9.67. The van der Waals surface area contributed by atoms with Crippen molar-refractivity contribution in [2.45, 2.75) is 6.61 Å². The Morgan fingerprint density at radius 3 is 2.69 bits per heavy atom. The van der Waals surface area contributed by atoms with Crippen LogP contribution in [-0.2, 0) is 6.61 Å². The Labute approximate surface area is 233 Å². The standard InChI is InChI=1S/C29H21ClFN5O2S/c30-24-15-22(11-12-26(24)38-17-19-6-4-7-20(31)14-19)35-28-27-25(33-18-34-28)16-23(39-27)10-5-13-32-29(37)36-21-8-2-1-3-9-21/h1-4,6-9,11-12,14-16,18H,13,17H2,(H2,32,36,37)(H,33,34,35). The van der Waals surface area contributed by atoms with Crippen molar-refractivity contribution in [2.75, 3.05) is 17.2 Å². The van der Waals surface area contributed by atoms with Crippen LogP contribution in [0.15, 0.2) is 85.2 Å². The molecule has 39 heavy (non-hydrogen) atoms. The summed E-state index contributed by atoms with van der Waals surface area (Å²) >= 11 is 7.87. The van der Waals surface area contributed by atoms with Gasteiger partial charge in [-0.2, -0.15) is 0 Å². The first kappa shape index (κ1) is 26.0. The summed E-state index contributed by atoms with van der Waals surface area (Å²) in [5.41, 5.74) is 2.88. The number of para-hydroxylation sites is 1. The third-order valence-corrected chi connectivity index (χ3v) is 6.71. The number of urea groups is 1. The lowest BCUT2D eigenvalue weighted by Crippen LogP contribution is -2.28. The van der Waals surface area contributed by atoms with Gasteiger partial charge in [0.25, 0.3) is 0 Å². The molecule has 7 nitrogen and oxygen atoms in total. The molecule has 0 aliphatic heterocycles. The summed E-state index contributed by atoms with van der Waals surface area (Å²) in [6.07, 6.45) is 1.47. The van der Waals surface area contributed by atoms with E-state index in [0.717, 1.165) is 15.1 Å². The summed E-state index contributed by atoms with van der Waals surface area (Å²) < 4.78 is 20.0. The van der Waals surface area contributed by atoms with E-state index >= 15 is 0 Å². The van der Waals surface area contributed by atoms with Gasteiger partial charge in [0.15, 0.2) is 5.82 Å². The molecule has 5 rings (SSSR count). The molecule has 0 radical (unpaired) electrons. The van der Waals surface area contributed by atoms with E-state index < -0.39 is 0 Å². The largest absolute Gasteiger partial charge is 0.487 e. The molecule has 194 valence electrons. The predicted octanol–water partition coefficient (Wildman–Crippen LogP) is 6.98. The topological polar surface area (TPSA) is 88.2 Å². The van der Waals surface area contributed by atoms with Crippen LogP contribution in [0, 0.1) is 17.7 Å². The zero-order valence-corrected chi connectivity index (χ0v) is 21.9. The fraction of sp³-hybridized carbons (Fsp3) is 0.0690. The number of nitrogens with one attached hydrogen (secondary N) is 3. The molecule has 0 fully saturated rings. The van der Waals surface area contributed by atoms with Gasteiger partial charge < -0.3 is 20.7 Å². The monoisotopic (exact) mass is 557 g/mol. The fourth-order valence-corrected chi connectivity index (χ4v) is 4.74. The smallest absolute Gasteiger partial charge is 0.319 e. The lowest BCUT2D eigenvalue weighted by molar-refractivity contribution is 0.253. The van der Waals surface area contributed by atoms with Crippen LogP contribution < -0.4 is 20.7 Å². The number of nitrogens with zero attached hydrogens (tertiary/aromatic N) is 2. The van der Waals surface area contributed by atoms with E-state index in [4.69, 9.17) is 16.3 Å². The molecule has 5 aromatic rings. The summed E-state index contributed by atoms with van der Waals surface area (Å²) in [4.78, 5) is 21.5. The van der Waals surface area contributed by atoms with E-state index in [0.29, 0.717) is 33.5 Å². The normalized spacial score (nSPS) is 10.4. The van der Waals surface area contributed by atoms with Crippen LogP contribution in [0.5, 0.6) is 5.75 Å². The van der Waals surface area contributed by atoms with Crippen LogP contribution in [0.3, 0.4) is 0 Å². The number of hydrogen-bond acceptors (Lipinski definition) is 6. The van der Waals surface area contributed by atoms with Crippen molar-refractivity contribution in [3.63, 3.8) is 0 Å². The molecule has 0 atom stereocenters. The summed E-state index contributed by atoms with van der Waals surface area (Å²) in [7, 11) is 0. The predicted molar refractivity (Wildman–Crippen MR) is 153 cm³/mol. The SMILES string of the molecule is O=C(NCC#Cc1cc2ncnc(Nc3ccc(OCc4cccc(F)c4)c(Cl)c3)c2s1)Nc1ccccc1. The van der Waals surface area contributed by atoms with Crippen molar-refractivity contribution in [1.29, 1.82) is 0 Å². The first-order valence-corrected chi connectivity index (χ1v) is 13.0. The summed E-state index contributed by atoms with van der Waals surface area (Å²) in [5, 5.41) is 9.13. The van der Waals surface area contributed by atoms with Crippen molar-refractivity contribution in [1.82, 2.24) is 15.3 Å². The molecule has 0 saturated heterocycles. The van der Waals surface area contributed by atoms with Gasteiger partial charge in [0.05, 0.1) is 26.7 Å². The van der Waals surface area contributed by atoms with Gasteiger partial charge in [-0.15, -0.1) is 11.3 Å². The van der Waals surface area contributed by atoms with Crippen LogP contribution in [-0.4, -0.2) is 22.5 Å². The van der Waals surface area contributed by atoms with Gasteiger partial charge in [-0.05, 0) is 54.1 Å². The highest BCUT2D eigenvalue weighted by atomic mass is 35.5. The molecule has 0 spiro atoms. The number of halogens is 2. The third-order valence-electron chi connectivity index (χ3n) is 5.37. The molecule has 2 heterocycles. The third kappa shape index (κ3) is 7.02. The molecule has 0 aliphatic carbocycles. The first-order chi connectivity index (χ1) is 19.0. The molecule has 0 bridgehead atoms. The molecule has 2 amide bonds. The molecule has 3 aromatic carbocycles. The average Bonchev–Trinajstić information content (AvgIpc) is 3.35. The number of ether oxygens (including phenoxy) is 1. The number of aromatic nitrogens is 2. The Morgan fingerprint density at radius 2 is 1.87 bits per heavy atom. The Bertz CT molecular complexity index is 1680. The van der Waals surface area contributed by atoms with Crippen molar-refractivity contribution in [3.05, 3.63) is 106 Å². The highest BCUT2D eigenvalue weighted by Crippen LogP contribution is 2.33. The Morgan fingerprint density at radius 1 is 1.00 bits per heavy atom. The van der Waals surface area contributed by atoms with Gasteiger partial charge in [-0.3, -0.25) is 0 Å². The van der Waals surface area contributed by atoms with Crippen LogP contribution in [0.25, 0.3) is 10.2 Å². The number of thiophene rings is 1. The molecule has 0 unspecified atom stereocenters. The molecule has 0 saturated carbocycles. The second kappa shape index (κ2) is 12.3. The zero-order chi connectivity index (χ0) is 27.0. The summed E-state index contributed by atoms with van der Waals surface area (Å²) in [6.45, 7) is 0.388. The number of rotatable bonds is 7. The molecule has 10 heteroatoms. The van der Waals surface area contributed by atoms with Crippen molar-refractivity contribution in [2.24, 2.45) is 0 Å². The van der Waals surface area contributed by atoms with Gasteiger partial charge in [0.2, 0.25) is 0 Å². The minimum Gasteiger partial charge on any atom is -0.487 e. The lowest BCUT2D eigenvalue weighted by atomic mass is 10.2. The number of carbonyl (C=O) groups excluding carboxylic acids is 1. The number of carbonyl (C=O) groups is 1. The molecule has 3 N–H and O–H groups in total. The number of hydrogen-bond donors (Lipinski definition) is 3. The quantitative estimate of drug-likeness (QED) is 0.188. The van der Waals surface area contributed by atoms with Crippen molar-refractivity contribution in [3.8, 4) is 17.6 Å². The van der Waals surface area contributed by atoms with E-state index in [2.05, 4.69) is 37.8 Å². The minimum atomic E-state index is -0.326. The van der Waals surface area contributed by atoms with Crippen LogP contribution in [0.2, 0.25) is 5.02 Å². The van der Waals surface area contributed by atoms with E-state index in [1.165, 1.54) is 29.8 Å². The lowest BCUT2D eigenvalue weighted by Gasteiger charge is -2.11. The van der Waals surface area contributed by atoms with E-state index in [-0.39, 0.29) is 25.0 Å². The zero-order valence-electron chi connectivity index (χ0n) is 20.4. The molecular weight excluding hydrogens is 537 g/mol. The Hall–Kier alpha value is -4.65. The van der Waals surface area contributed by atoms with E-state index in [9.17, 15) is 9.18 Å². The minimum absolute atomic E-state index is 0.190. The molecule has 2 aromatic heterocycles. The highest BCUT2D eigenvalue weighted by molar-refractivity contribution is 7.20. The van der Waals surface area contributed by atoms with Crippen LogP contribution in [0.1, 0.15) is 10.4 Å². The Kier molecular flexibility index (Phi) is 8.17. The number of benzene rings is 3. The summed E-state index contributed by atoms with van der Waals surface area (Å²) in [6, 6.07) is 22.3.